The lowest BCUT2D eigenvalue weighted by molar-refractivity contribution is -0.910. The predicted molar refractivity (Wildman–Crippen MR) is 102 cm³/mol. The first-order valence-electron chi connectivity index (χ1n) is 8.92. The van der Waals surface area contributed by atoms with Crippen LogP contribution in [0.2, 0.25) is 0 Å². The van der Waals surface area contributed by atoms with Crippen molar-refractivity contribution in [3.8, 4) is 0 Å². The highest BCUT2D eigenvalue weighted by Crippen LogP contribution is 2.16. The van der Waals surface area contributed by atoms with Gasteiger partial charge in [0, 0.05) is 11.1 Å². The number of aliphatic hydroxyl groups excluding tert-OH is 2. The molecule has 0 aliphatic carbocycles. The van der Waals surface area contributed by atoms with Gasteiger partial charge < -0.3 is 19.4 Å². The van der Waals surface area contributed by atoms with Crippen LogP contribution in [0.3, 0.4) is 0 Å². The Morgan fingerprint density at radius 1 is 0.852 bits per heavy atom. The summed E-state index contributed by atoms with van der Waals surface area (Å²) in [6.45, 7) is 1.48. The van der Waals surface area contributed by atoms with Crippen molar-refractivity contribution in [3.63, 3.8) is 0 Å². The summed E-state index contributed by atoms with van der Waals surface area (Å²) in [6.07, 6.45) is 0. The fraction of sp³-hybridized carbons (Fsp3) is 0.333. The second-order valence-corrected chi connectivity index (χ2v) is 6.61. The van der Waals surface area contributed by atoms with Crippen molar-refractivity contribution in [1.82, 2.24) is 0 Å². The fourth-order valence-electron chi connectivity index (χ4n) is 2.86. The molecule has 0 radical (unpaired) electrons. The molecule has 0 unspecified atom stereocenters. The molecule has 2 rings (SSSR count). The molecule has 6 heteroatoms. The van der Waals surface area contributed by atoms with E-state index < -0.39 is 5.97 Å². The number of ketones is 1. The Hall–Kier alpha value is -2.54. The van der Waals surface area contributed by atoms with Crippen LogP contribution in [-0.2, 0) is 4.74 Å². The van der Waals surface area contributed by atoms with E-state index in [-0.39, 0.29) is 31.2 Å². The van der Waals surface area contributed by atoms with E-state index >= 15 is 0 Å². The summed E-state index contributed by atoms with van der Waals surface area (Å²) in [5.74, 6) is -0.793. The summed E-state index contributed by atoms with van der Waals surface area (Å²) in [5, 5.41) is 18.4. The monoisotopic (exact) mass is 372 g/mol. The van der Waals surface area contributed by atoms with E-state index in [1.807, 2.05) is 13.1 Å². The SMILES string of the molecule is C[N+](CCO)(CCO)CCOC(=O)c1ccccc1C(=O)c1ccccc1. The summed E-state index contributed by atoms with van der Waals surface area (Å²) >= 11 is 0. The molecule has 2 aromatic carbocycles. The molecule has 0 amide bonds. The maximum absolute atomic E-state index is 12.7. The largest absolute Gasteiger partial charge is 0.456 e. The van der Waals surface area contributed by atoms with Crippen molar-refractivity contribution < 1.29 is 29.0 Å². The van der Waals surface area contributed by atoms with Crippen molar-refractivity contribution in [2.45, 2.75) is 0 Å². The van der Waals surface area contributed by atoms with Crippen LogP contribution in [-0.4, -0.2) is 73.0 Å². The quantitative estimate of drug-likeness (QED) is 0.375. The molecule has 6 nitrogen and oxygen atoms in total. The Bertz CT molecular complexity index is 754. The maximum Gasteiger partial charge on any atom is 0.339 e. The van der Waals surface area contributed by atoms with Gasteiger partial charge in [-0.15, -0.1) is 0 Å². The third kappa shape index (κ3) is 5.72. The zero-order valence-corrected chi connectivity index (χ0v) is 15.5. The molecular weight excluding hydrogens is 346 g/mol. The van der Waals surface area contributed by atoms with Crippen LogP contribution in [0.15, 0.2) is 54.6 Å². The molecule has 0 spiro atoms. The topological polar surface area (TPSA) is 83.8 Å². The third-order valence-electron chi connectivity index (χ3n) is 4.57. The highest BCUT2D eigenvalue weighted by molar-refractivity contribution is 6.14. The van der Waals surface area contributed by atoms with E-state index in [0.29, 0.717) is 35.2 Å². The Morgan fingerprint density at radius 3 is 2.00 bits per heavy atom. The molecule has 0 saturated carbocycles. The molecule has 27 heavy (non-hydrogen) atoms. The Labute approximate surface area is 159 Å². The van der Waals surface area contributed by atoms with Gasteiger partial charge in [-0.25, -0.2) is 4.79 Å². The second-order valence-electron chi connectivity index (χ2n) is 6.61. The molecule has 0 bridgehead atoms. The Morgan fingerprint density at radius 2 is 1.41 bits per heavy atom. The van der Waals surface area contributed by atoms with Crippen molar-refractivity contribution >= 4 is 11.8 Å². The minimum absolute atomic E-state index is 0.0150. The molecule has 2 aromatic rings. The number of nitrogens with zero attached hydrogens (tertiary/aromatic N) is 1. The van der Waals surface area contributed by atoms with Crippen molar-refractivity contribution in [2.24, 2.45) is 0 Å². The van der Waals surface area contributed by atoms with E-state index in [1.165, 1.54) is 0 Å². The maximum atomic E-state index is 12.7. The average Bonchev–Trinajstić information content (AvgIpc) is 2.68. The van der Waals surface area contributed by atoms with Crippen LogP contribution in [0, 0.1) is 0 Å². The lowest BCUT2D eigenvalue weighted by Crippen LogP contribution is -2.50. The highest BCUT2D eigenvalue weighted by atomic mass is 16.5. The van der Waals surface area contributed by atoms with Crippen molar-refractivity contribution in [1.29, 1.82) is 0 Å². The standard InChI is InChI=1S/C21H26NO5/c1-22(11-14-23,12-15-24)13-16-27-21(26)19-10-6-5-9-18(19)20(25)17-7-3-2-4-8-17/h2-10,23-24H,11-16H2,1H3/q+1. The van der Waals surface area contributed by atoms with E-state index in [9.17, 15) is 19.8 Å². The number of carbonyl (C=O) groups excluding carboxylic acids is 2. The van der Waals surface area contributed by atoms with Gasteiger partial charge in [-0.3, -0.25) is 4.79 Å². The van der Waals surface area contributed by atoms with Gasteiger partial charge in [0.1, 0.15) is 26.2 Å². The summed E-state index contributed by atoms with van der Waals surface area (Å²) in [6, 6.07) is 15.4. The number of hydrogen-bond acceptors (Lipinski definition) is 5. The van der Waals surface area contributed by atoms with Gasteiger partial charge in [0.05, 0.1) is 25.8 Å². The van der Waals surface area contributed by atoms with E-state index in [4.69, 9.17) is 4.74 Å². The summed E-state index contributed by atoms with van der Waals surface area (Å²) in [4.78, 5) is 25.2. The summed E-state index contributed by atoms with van der Waals surface area (Å²) < 4.78 is 5.77. The van der Waals surface area contributed by atoms with Crippen LogP contribution in [0.4, 0.5) is 0 Å². The smallest absolute Gasteiger partial charge is 0.339 e. The average molecular weight is 372 g/mol. The predicted octanol–water partition coefficient (Wildman–Crippen LogP) is 1.51. The lowest BCUT2D eigenvalue weighted by atomic mass is 9.98. The molecule has 0 atom stereocenters. The fourth-order valence-corrected chi connectivity index (χ4v) is 2.86. The van der Waals surface area contributed by atoms with Crippen LogP contribution in [0.5, 0.6) is 0 Å². The third-order valence-corrected chi connectivity index (χ3v) is 4.57. The van der Waals surface area contributed by atoms with Gasteiger partial charge in [0.25, 0.3) is 0 Å². The number of benzene rings is 2. The van der Waals surface area contributed by atoms with Crippen LogP contribution >= 0.6 is 0 Å². The molecule has 0 aliphatic rings. The number of esters is 1. The molecule has 144 valence electrons. The molecular formula is C21H26NO5+. The first kappa shape index (κ1) is 20.8. The minimum Gasteiger partial charge on any atom is -0.456 e. The summed E-state index contributed by atoms with van der Waals surface area (Å²) in [5.41, 5.74) is 1.04. The van der Waals surface area contributed by atoms with Gasteiger partial charge in [-0.05, 0) is 6.07 Å². The van der Waals surface area contributed by atoms with E-state index in [1.54, 1.807) is 48.5 Å². The zero-order valence-electron chi connectivity index (χ0n) is 15.5. The van der Waals surface area contributed by atoms with Crippen molar-refractivity contribution in [3.05, 3.63) is 71.3 Å². The number of carbonyl (C=O) groups is 2. The second kappa shape index (κ2) is 9.97. The van der Waals surface area contributed by atoms with Gasteiger partial charge in [-0.1, -0.05) is 48.5 Å². The Balaban J connectivity index is 2.08. The number of quaternary nitrogens is 1. The molecule has 2 N–H and O–H groups in total. The van der Waals surface area contributed by atoms with E-state index in [2.05, 4.69) is 0 Å². The summed E-state index contributed by atoms with van der Waals surface area (Å²) in [7, 11) is 1.88. The van der Waals surface area contributed by atoms with Crippen LogP contribution < -0.4 is 0 Å². The molecule has 0 heterocycles. The Kier molecular flexibility index (Phi) is 7.67. The first-order chi connectivity index (χ1) is 13.0. The van der Waals surface area contributed by atoms with Gasteiger partial charge in [0.2, 0.25) is 0 Å². The number of ether oxygens (including phenoxy) is 1. The van der Waals surface area contributed by atoms with Gasteiger partial charge in [-0.2, -0.15) is 0 Å². The van der Waals surface area contributed by atoms with Gasteiger partial charge in [0.15, 0.2) is 5.78 Å². The molecule has 0 fully saturated rings. The van der Waals surface area contributed by atoms with Crippen LogP contribution in [0.1, 0.15) is 26.3 Å². The minimum atomic E-state index is -0.561. The van der Waals surface area contributed by atoms with Crippen LogP contribution in [0.25, 0.3) is 0 Å². The zero-order chi connectivity index (χ0) is 19.7. The van der Waals surface area contributed by atoms with Crippen molar-refractivity contribution in [2.75, 3.05) is 46.5 Å². The molecule has 0 saturated heterocycles. The number of hydrogen-bond donors (Lipinski definition) is 2. The number of rotatable bonds is 10. The molecule has 0 aromatic heterocycles. The van der Waals surface area contributed by atoms with Gasteiger partial charge >= 0.3 is 5.97 Å². The lowest BCUT2D eigenvalue weighted by Gasteiger charge is -2.33. The first-order valence-corrected chi connectivity index (χ1v) is 8.92. The normalized spacial score (nSPS) is 11.2. The number of aliphatic hydroxyl groups is 2. The highest BCUT2D eigenvalue weighted by Gasteiger charge is 2.23. The van der Waals surface area contributed by atoms with E-state index in [0.717, 1.165) is 0 Å². The molecule has 0 aliphatic heterocycles. The number of likely N-dealkylation sites (N-methyl/N-ethyl adjacent to an activating group) is 1.